The standard InChI is InChI=1S/C20H20FN3/c1-3-24(4-2)18-10-6-15(7-11-18)5-9-17-14-22-20-13-16(21)8-12-19(20)23-17/h5-14H,3-4H2,1-2H3/b9-5+. The fourth-order valence-electron chi connectivity index (χ4n) is 2.65. The van der Waals surface area contributed by atoms with Crippen LogP contribution < -0.4 is 4.90 Å². The first-order valence-corrected chi connectivity index (χ1v) is 8.15. The van der Waals surface area contributed by atoms with E-state index in [2.05, 4.69) is 53.0 Å². The van der Waals surface area contributed by atoms with Crippen molar-refractivity contribution in [3.05, 3.63) is 65.7 Å². The monoisotopic (exact) mass is 321 g/mol. The van der Waals surface area contributed by atoms with Gasteiger partial charge in [-0.1, -0.05) is 18.2 Å². The minimum absolute atomic E-state index is 0.298. The SMILES string of the molecule is CCN(CC)c1ccc(/C=C/c2cnc3cc(F)ccc3n2)cc1. The third-order valence-corrected chi connectivity index (χ3v) is 3.99. The van der Waals surface area contributed by atoms with E-state index in [0.717, 1.165) is 24.3 Å². The van der Waals surface area contributed by atoms with Crippen molar-refractivity contribution < 1.29 is 4.39 Å². The van der Waals surface area contributed by atoms with Crippen molar-refractivity contribution in [2.24, 2.45) is 0 Å². The van der Waals surface area contributed by atoms with Gasteiger partial charge in [-0.25, -0.2) is 9.37 Å². The van der Waals surface area contributed by atoms with Crippen molar-refractivity contribution >= 4 is 28.9 Å². The molecule has 0 saturated heterocycles. The summed E-state index contributed by atoms with van der Waals surface area (Å²) in [5.41, 5.74) is 4.34. The number of rotatable bonds is 5. The van der Waals surface area contributed by atoms with Gasteiger partial charge in [0.15, 0.2) is 0 Å². The normalized spacial score (nSPS) is 11.3. The topological polar surface area (TPSA) is 29.0 Å². The van der Waals surface area contributed by atoms with Crippen molar-refractivity contribution in [1.29, 1.82) is 0 Å². The molecule has 0 saturated carbocycles. The summed E-state index contributed by atoms with van der Waals surface area (Å²) < 4.78 is 13.2. The van der Waals surface area contributed by atoms with Gasteiger partial charge < -0.3 is 4.90 Å². The highest BCUT2D eigenvalue weighted by molar-refractivity contribution is 5.77. The zero-order valence-corrected chi connectivity index (χ0v) is 13.9. The molecule has 24 heavy (non-hydrogen) atoms. The van der Waals surface area contributed by atoms with Crippen LogP contribution in [0.4, 0.5) is 10.1 Å². The average molecular weight is 321 g/mol. The molecule has 0 aliphatic rings. The summed E-state index contributed by atoms with van der Waals surface area (Å²) in [5, 5.41) is 0. The smallest absolute Gasteiger partial charge is 0.125 e. The average Bonchev–Trinajstić information content (AvgIpc) is 2.62. The molecule has 0 atom stereocenters. The van der Waals surface area contributed by atoms with Crippen molar-refractivity contribution in [1.82, 2.24) is 9.97 Å². The highest BCUT2D eigenvalue weighted by atomic mass is 19.1. The Kier molecular flexibility index (Phi) is 4.85. The van der Waals surface area contributed by atoms with Gasteiger partial charge in [0.1, 0.15) is 5.82 Å². The molecule has 3 nitrogen and oxygen atoms in total. The lowest BCUT2D eigenvalue weighted by Crippen LogP contribution is -2.21. The Morgan fingerprint density at radius 2 is 1.71 bits per heavy atom. The number of hydrogen-bond donors (Lipinski definition) is 0. The molecule has 0 N–H and O–H groups in total. The lowest BCUT2D eigenvalue weighted by molar-refractivity contribution is 0.629. The maximum absolute atomic E-state index is 13.2. The highest BCUT2D eigenvalue weighted by Gasteiger charge is 2.01. The van der Waals surface area contributed by atoms with E-state index in [-0.39, 0.29) is 5.82 Å². The highest BCUT2D eigenvalue weighted by Crippen LogP contribution is 2.17. The molecule has 0 fully saturated rings. The molecule has 0 unspecified atom stereocenters. The van der Waals surface area contributed by atoms with Gasteiger partial charge in [-0.2, -0.15) is 0 Å². The Morgan fingerprint density at radius 3 is 2.42 bits per heavy atom. The molecule has 0 radical (unpaired) electrons. The van der Waals surface area contributed by atoms with Crippen LogP contribution in [-0.2, 0) is 0 Å². The third kappa shape index (κ3) is 3.59. The lowest BCUT2D eigenvalue weighted by Gasteiger charge is -2.20. The fraction of sp³-hybridized carbons (Fsp3) is 0.200. The van der Waals surface area contributed by atoms with Gasteiger partial charge >= 0.3 is 0 Å². The Hall–Kier alpha value is -2.75. The minimum Gasteiger partial charge on any atom is -0.372 e. The Balaban J connectivity index is 1.79. The van der Waals surface area contributed by atoms with E-state index in [1.165, 1.54) is 17.8 Å². The first-order valence-electron chi connectivity index (χ1n) is 8.15. The zero-order chi connectivity index (χ0) is 16.9. The van der Waals surface area contributed by atoms with Gasteiger partial charge in [0.2, 0.25) is 0 Å². The van der Waals surface area contributed by atoms with Crippen LogP contribution in [0.15, 0.2) is 48.7 Å². The number of aromatic nitrogens is 2. The van der Waals surface area contributed by atoms with E-state index in [1.54, 1.807) is 12.3 Å². The number of halogens is 1. The molecule has 0 aliphatic carbocycles. The van der Waals surface area contributed by atoms with E-state index in [4.69, 9.17) is 0 Å². The van der Waals surface area contributed by atoms with Gasteiger partial charge in [-0.15, -0.1) is 0 Å². The maximum atomic E-state index is 13.2. The van der Waals surface area contributed by atoms with Gasteiger partial charge in [0.05, 0.1) is 22.9 Å². The summed E-state index contributed by atoms with van der Waals surface area (Å²) in [6.45, 7) is 6.31. The molecule has 0 aliphatic heterocycles. The number of nitrogens with zero attached hydrogens (tertiary/aromatic N) is 3. The summed E-state index contributed by atoms with van der Waals surface area (Å²) in [5.74, 6) is -0.298. The Labute approximate surface area is 141 Å². The van der Waals surface area contributed by atoms with Crippen LogP contribution in [0, 0.1) is 5.82 Å². The predicted molar refractivity (Wildman–Crippen MR) is 98.4 cm³/mol. The summed E-state index contributed by atoms with van der Waals surface area (Å²) in [6, 6.07) is 12.9. The molecule has 2 aromatic carbocycles. The molecule has 1 heterocycles. The fourth-order valence-corrected chi connectivity index (χ4v) is 2.65. The lowest BCUT2D eigenvalue weighted by atomic mass is 10.1. The second-order valence-electron chi connectivity index (χ2n) is 5.53. The van der Waals surface area contributed by atoms with Gasteiger partial charge in [0, 0.05) is 24.8 Å². The number of benzene rings is 2. The molecule has 3 rings (SSSR count). The van der Waals surface area contributed by atoms with Crippen LogP contribution in [-0.4, -0.2) is 23.1 Å². The van der Waals surface area contributed by atoms with E-state index in [0.29, 0.717) is 11.0 Å². The molecule has 0 bridgehead atoms. The molecule has 4 heteroatoms. The molecular weight excluding hydrogens is 301 g/mol. The summed E-state index contributed by atoms with van der Waals surface area (Å²) >= 11 is 0. The van der Waals surface area contributed by atoms with Crippen LogP contribution in [0.25, 0.3) is 23.2 Å². The second-order valence-corrected chi connectivity index (χ2v) is 5.53. The minimum atomic E-state index is -0.298. The number of hydrogen-bond acceptors (Lipinski definition) is 3. The Bertz CT molecular complexity index is 852. The van der Waals surface area contributed by atoms with Crippen molar-refractivity contribution in [2.45, 2.75) is 13.8 Å². The van der Waals surface area contributed by atoms with E-state index in [9.17, 15) is 4.39 Å². The summed E-state index contributed by atoms with van der Waals surface area (Å²) in [6.07, 6.45) is 5.58. The van der Waals surface area contributed by atoms with Crippen LogP contribution >= 0.6 is 0 Å². The molecule has 0 spiro atoms. The van der Waals surface area contributed by atoms with Crippen LogP contribution in [0.2, 0.25) is 0 Å². The molecular formula is C20H20FN3. The number of fused-ring (bicyclic) bond motifs is 1. The molecule has 122 valence electrons. The molecule has 3 aromatic rings. The first-order chi connectivity index (χ1) is 11.7. The van der Waals surface area contributed by atoms with Gasteiger partial charge in [-0.05, 0) is 49.8 Å². The van der Waals surface area contributed by atoms with Gasteiger partial charge in [0.25, 0.3) is 0 Å². The van der Waals surface area contributed by atoms with Crippen LogP contribution in [0.1, 0.15) is 25.1 Å². The Morgan fingerprint density at radius 1 is 0.958 bits per heavy atom. The second kappa shape index (κ2) is 7.21. The van der Waals surface area contributed by atoms with E-state index in [1.807, 2.05) is 12.2 Å². The van der Waals surface area contributed by atoms with E-state index < -0.39 is 0 Å². The van der Waals surface area contributed by atoms with Crippen LogP contribution in [0.3, 0.4) is 0 Å². The van der Waals surface area contributed by atoms with Crippen molar-refractivity contribution in [2.75, 3.05) is 18.0 Å². The molecule has 0 amide bonds. The number of anilines is 1. The first kappa shape index (κ1) is 16.1. The van der Waals surface area contributed by atoms with Crippen molar-refractivity contribution in [3.63, 3.8) is 0 Å². The van der Waals surface area contributed by atoms with Gasteiger partial charge in [-0.3, -0.25) is 4.98 Å². The summed E-state index contributed by atoms with van der Waals surface area (Å²) in [7, 11) is 0. The van der Waals surface area contributed by atoms with E-state index >= 15 is 0 Å². The third-order valence-electron chi connectivity index (χ3n) is 3.99. The maximum Gasteiger partial charge on any atom is 0.125 e. The zero-order valence-electron chi connectivity index (χ0n) is 13.9. The molecule has 1 aromatic heterocycles. The van der Waals surface area contributed by atoms with Crippen LogP contribution in [0.5, 0.6) is 0 Å². The van der Waals surface area contributed by atoms with Crippen molar-refractivity contribution in [3.8, 4) is 0 Å². The largest absolute Gasteiger partial charge is 0.372 e. The summed E-state index contributed by atoms with van der Waals surface area (Å²) in [4.78, 5) is 11.0. The predicted octanol–water partition coefficient (Wildman–Crippen LogP) is 4.79. The quantitative estimate of drug-likeness (QED) is 0.677.